The Labute approximate surface area is 134 Å². The van der Waals surface area contributed by atoms with Gasteiger partial charge in [-0.15, -0.1) is 0 Å². The number of rotatable bonds is 5. The molecule has 1 heterocycles. The maximum Gasteiger partial charge on any atom is 0.309 e. The van der Waals surface area contributed by atoms with E-state index in [2.05, 4.69) is 6.58 Å². The van der Waals surface area contributed by atoms with Crippen molar-refractivity contribution in [3.05, 3.63) is 47.7 Å². The van der Waals surface area contributed by atoms with Gasteiger partial charge in [-0.1, -0.05) is 30.9 Å². The van der Waals surface area contributed by atoms with E-state index in [0.717, 1.165) is 11.1 Å². The zero-order valence-corrected chi connectivity index (χ0v) is 14.2. The van der Waals surface area contributed by atoms with Gasteiger partial charge in [-0.3, -0.25) is 13.7 Å². The van der Waals surface area contributed by atoms with E-state index in [9.17, 15) is 18.7 Å². The predicted octanol–water partition coefficient (Wildman–Crippen LogP) is 3.27. The van der Waals surface area contributed by atoms with Gasteiger partial charge in [-0.25, -0.2) is 4.21 Å². The van der Waals surface area contributed by atoms with Crippen LogP contribution in [-0.4, -0.2) is 30.2 Å². The molecule has 5 nitrogen and oxygen atoms in total. The Balaban J connectivity index is 3.38. The topological polar surface area (TPSA) is 77.8 Å². The van der Waals surface area contributed by atoms with Crippen LogP contribution in [0.4, 0.5) is 0 Å². The van der Waals surface area contributed by atoms with Crippen LogP contribution in [0.3, 0.4) is 0 Å². The summed E-state index contributed by atoms with van der Waals surface area (Å²) < 4.78 is 22.7. The number of carboxylic acid groups (broad SMARTS) is 1. The van der Waals surface area contributed by atoms with Crippen molar-refractivity contribution in [2.24, 2.45) is 5.41 Å². The summed E-state index contributed by atoms with van der Waals surface area (Å²) in [7, 11) is 0. The van der Waals surface area contributed by atoms with Crippen LogP contribution < -0.4 is 0 Å². The summed E-state index contributed by atoms with van der Waals surface area (Å²) >= 11 is -2.19. The minimum Gasteiger partial charge on any atom is -0.481 e. The summed E-state index contributed by atoms with van der Waals surface area (Å²) in [5.74, 6) is -0.900. The Morgan fingerprint density at radius 3 is 2.55 bits per heavy atom. The van der Waals surface area contributed by atoms with E-state index >= 15 is 0 Å². The van der Waals surface area contributed by atoms with Crippen LogP contribution in [0, 0.1) is 5.41 Å². The fourth-order valence-corrected chi connectivity index (χ4v) is 3.22. The average Bonchev–Trinajstić information content (AvgIpc) is 2.41. The Bertz CT molecular complexity index is 587. The zero-order chi connectivity index (χ0) is 17.1. The smallest absolute Gasteiger partial charge is 0.309 e. The lowest BCUT2D eigenvalue weighted by atomic mass is 9.81. The van der Waals surface area contributed by atoms with Crippen LogP contribution >= 0.6 is 0 Å². The number of hydrogen-bond acceptors (Lipinski definition) is 2. The quantitative estimate of drug-likeness (QED) is 0.761. The number of nitrogens with zero attached hydrogens (tertiary/aromatic N) is 1. The first-order chi connectivity index (χ1) is 10.2. The number of aliphatic carboxylic acids is 1. The molecular formula is C16H23NO4S. The molecule has 0 bridgehead atoms. The van der Waals surface area contributed by atoms with Gasteiger partial charge in [-0.05, 0) is 45.3 Å². The van der Waals surface area contributed by atoms with Crippen LogP contribution in [-0.2, 0) is 16.1 Å². The summed E-state index contributed by atoms with van der Waals surface area (Å²) in [6.45, 7) is 10.5. The van der Waals surface area contributed by atoms with E-state index in [1.165, 1.54) is 4.31 Å². The molecule has 0 amide bonds. The van der Waals surface area contributed by atoms with Gasteiger partial charge in [0.25, 0.3) is 11.3 Å². The molecule has 122 valence electrons. The molecule has 1 aliphatic rings. The Morgan fingerprint density at radius 2 is 2.14 bits per heavy atom. The monoisotopic (exact) mass is 325 g/mol. The lowest BCUT2D eigenvalue weighted by Crippen LogP contribution is -2.40. The van der Waals surface area contributed by atoms with Crippen molar-refractivity contribution in [2.45, 2.75) is 40.2 Å². The van der Waals surface area contributed by atoms with Crippen LogP contribution in [0.5, 0.6) is 0 Å². The minimum absolute atomic E-state index is 0.294. The van der Waals surface area contributed by atoms with Gasteiger partial charge in [0, 0.05) is 0 Å². The van der Waals surface area contributed by atoms with Gasteiger partial charge < -0.3 is 5.11 Å². The normalized spacial score (nSPS) is 24.3. The maximum absolute atomic E-state index is 11.7. The van der Waals surface area contributed by atoms with Gasteiger partial charge in [0.15, 0.2) is 0 Å². The molecule has 6 heteroatoms. The zero-order valence-electron chi connectivity index (χ0n) is 13.4. The average molecular weight is 325 g/mol. The molecular weight excluding hydrogens is 302 g/mol. The van der Waals surface area contributed by atoms with Crippen LogP contribution in [0.1, 0.15) is 34.1 Å². The molecule has 0 saturated heterocycles. The van der Waals surface area contributed by atoms with Gasteiger partial charge in [0.1, 0.15) is 0 Å². The number of carboxylic acids is 1. The fraction of sp³-hybridized carbons (Fsp3) is 0.438. The number of carbonyl (C=O) groups is 1. The van der Waals surface area contributed by atoms with Crippen LogP contribution in [0.15, 0.2) is 47.7 Å². The van der Waals surface area contributed by atoms with E-state index in [1.54, 1.807) is 45.9 Å². The van der Waals surface area contributed by atoms with E-state index in [-0.39, 0.29) is 6.04 Å². The summed E-state index contributed by atoms with van der Waals surface area (Å²) in [6.07, 6.45) is 7.28. The van der Waals surface area contributed by atoms with Crippen molar-refractivity contribution in [1.82, 2.24) is 4.31 Å². The van der Waals surface area contributed by atoms with Gasteiger partial charge in [0.2, 0.25) is 0 Å². The van der Waals surface area contributed by atoms with Gasteiger partial charge >= 0.3 is 5.97 Å². The third-order valence-electron chi connectivity index (χ3n) is 3.73. The predicted molar refractivity (Wildman–Crippen MR) is 88.2 cm³/mol. The molecule has 2 atom stereocenters. The largest absolute Gasteiger partial charge is 0.481 e. The first-order valence-electron chi connectivity index (χ1n) is 6.99. The van der Waals surface area contributed by atoms with Crippen molar-refractivity contribution in [3.8, 4) is 0 Å². The van der Waals surface area contributed by atoms with E-state index in [1.807, 2.05) is 6.08 Å². The first-order valence-corrected chi connectivity index (χ1v) is 8.05. The highest BCUT2D eigenvalue weighted by atomic mass is 32.2. The molecule has 0 radical (unpaired) electrons. The second-order valence-electron chi connectivity index (χ2n) is 5.85. The number of hydrogen-bond donors (Lipinski definition) is 2. The Hall–Kier alpha value is -1.66. The molecule has 0 spiro atoms. The van der Waals surface area contributed by atoms with Crippen molar-refractivity contribution >= 4 is 17.2 Å². The highest BCUT2D eigenvalue weighted by molar-refractivity contribution is 7.76. The molecule has 0 aromatic heterocycles. The van der Waals surface area contributed by atoms with Crippen molar-refractivity contribution in [3.63, 3.8) is 0 Å². The van der Waals surface area contributed by atoms with Gasteiger partial charge in [0.05, 0.1) is 17.2 Å². The minimum atomic E-state index is -2.19. The molecule has 0 aliphatic carbocycles. The molecule has 1 aliphatic heterocycles. The molecule has 1 unspecified atom stereocenters. The molecule has 0 aromatic rings. The van der Waals surface area contributed by atoms with Crippen molar-refractivity contribution in [1.29, 1.82) is 0 Å². The van der Waals surface area contributed by atoms with Crippen molar-refractivity contribution in [2.75, 3.05) is 0 Å². The van der Waals surface area contributed by atoms with Crippen LogP contribution in [0.2, 0.25) is 0 Å². The second-order valence-corrected chi connectivity index (χ2v) is 6.70. The lowest BCUT2D eigenvalue weighted by molar-refractivity contribution is -0.146. The maximum atomic E-state index is 11.7. The summed E-state index contributed by atoms with van der Waals surface area (Å²) in [5.41, 5.74) is 1.22. The van der Waals surface area contributed by atoms with Crippen LogP contribution in [0.25, 0.3) is 0 Å². The Kier molecular flexibility index (Phi) is 5.91. The first kappa shape index (κ1) is 18.4. The highest BCUT2D eigenvalue weighted by Gasteiger charge is 2.35. The number of allylic oxidation sites excluding steroid dienone is 4. The highest BCUT2D eigenvalue weighted by Crippen LogP contribution is 2.37. The fourth-order valence-electron chi connectivity index (χ4n) is 2.44. The summed E-state index contributed by atoms with van der Waals surface area (Å²) in [4.78, 5) is 11.4. The molecule has 2 N–H and O–H groups in total. The van der Waals surface area contributed by atoms with E-state index in [0.29, 0.717) is 12.1 Å². The third kappa shape index (κ3) is 3.75. The van der Waals surface area contributed by atoms with E-state index < -0.39 is 22.7 Å². The molecule has 22 heavy (non-hydrogen) atoms. The molecule has 1 rings (SSSR count). The standard InChI is InChI=1S/C16H23NO4S/c1-6-8-12-9-13(10-16(4,5)15(18)19)11(3)17(22(20)21)14(12)7-2/h6-9,11H,1,10H2,2-5H3,(H,18,19)(H,20,21)/b12-8-,14-7+/t11-/m1/s1. The second kappa shape index (κ2) is 7.07. The molecule has 0 fully saturated rings. The lowest BCUT2D eigenvalue weighted by Gasteiger charge is -2.37. The Morgan fingerprint density at radius 1 is 1.55 bits per heavy atom. The third-order valence-corrected chi connectivity index (χ3v) is 4.58. The summed E-state index contributed by atoms with van der Waals surface area (Å²) in [5, 5.41) is 9.31. The van der Waals surface area contributed by atoms with E-state index in [4.69, 9.17) is 0 Å². The summed E-state index contributed by atoms with van der Waals surface area (Å²) in [6, 6.07) is -0.363. The molecule has 0 aromatic carbocycles. The van der Waals surface area contributed by atoms with Gasteiger partial charge in [-0.2, -0.15) is 0 Å². The van der Waals surface area contributed by atoms with Crippen molar-refractivity contribution < 1.29 is 18.7 Å². The molecule has 0 saturated carbocycles. The SMILES string of the molecule is C=C/C=C1/C=C(CC(C)(C)C(=O)O)[C@@H](C)N(S(=O)O)/C1=C/C.